The van der Waals surface area contributed by atoms with Crippen molar-refractivity contribution in [3.63, 3.8) is 0 Å². The van der Waals surface area contributed by atoms with E-state index in [1.807, 2.05) is 4.74 Å². The van der Waals surface area contributed by atoms with Crippen LogP contribution in [-0.4, -0.2) is 42.0 Å². The van der Waals surface area contributed by atoms with E-state index in [1.54, 1.807) is 0 Å². The summed E-state index contributed by atoms with van der Waals surface area (Å²) in [5.74, 6) is -14.7. The topological polar surface area (TPSA) is 29.5 Å². The third kappa shape index (κ3) is 3.19. The summed E-state index contributed by atoms with van der Waals surface area (Å²) in [6.07, 6.45) is -19.5. The van der Waals surface area contributed by atoms with Crippen molar-refractivity contribution in [1.29, 1.82) is 0 Å². The third-order valence-electron chi connectivity index (χ3n) is 1.58. The van der Waals surface area contributed by atoms with Crippen LogP contribution in [0.25, 0.3) is 0 Å². The lowest BCUT2D eigenvalue weighted by molar-refractivity contribution is -0.483. The second-order valence-corrected chi connectivity index (χ2v) is 3.06. The van der Waals surface area contributed by atoms with Crippen molar-refractivity contribution in [2.45, 2.75) is 30.2 Å². The number of alkyl halides is 11. The molecule has 116 valence electrons. The van der Waals surface area contributed by atoms with Crippen LogP contribution in [0.5, 0.6) is 0 Å². The zero-order chi connectivity index (χ0) is 15.9. The van der Waals surface area contributed by atoms with Gasteiger partial charge in [0.15, 0.2) is 0 Å². The predicted octanol–water partition coefficient (Wildman–Crippen LogP) is 3.01. The van der Waals surface area contributed by atoms with Gasteiger partial charge in [-0.1, -0.05) is 0 Å². The highest BCUT2D eigenvalue weighted by Gasteiger charge is 2.83. The predicted molar refractivity (Wildman–Crippen MR) is 34.0 cm³/mol. The van der Waals surface area contributed by atoms with E-state index in [0.717, 1.165) is 0 Å². The lowest BCUT2D eigenvalue weighted by Gasteiger charge is -2.34. The van der Waals surface area contributed by atoms with Crippen LogP contribution in [0.2, 0.25) is 0 Å². The molecule has 19 heavy (non-hydrogen) atoms. The summed E-state index contributed by atoms with van der Waals surface area (Å²) < 4.78 is 134. The fourth-order valence-corrected chi connectivity index (χ4v) is 0.645. The van der Waals surface area contributed by atoms with Crippen LogP contribution in [-0.2, 0) is 4.74 Å². The fourth-order valence-electron chi connectivity index (χ4n) is 0.645. The molecule has 0 fully saturated rings. The van der Waals surface area contributed by atoms with Crippen molar-refractivity contribution in [3.8, 4) is 0 Å². The fraction of sp³-hybridized carbons (Fsp3) is 1.00. The maximum atomic E-state index is 12.4. The molecule has 1 N–H and O–H groups in total. The van der Waals surface area contributed by atoms with E-state index in [9.17, 15) is 48.3 Å². The van der Waals surface area contributed by atoms with Gasteiger partial charge >= 0.3 is 30.2 Å². The largest absolute Gasteiger partial charge is 0.460 e. The van der Waals surface area contributed by atoms with Crippen LogP contribution in [0.3, 0.4) is 0 Å². The standard InChI is InChI=1S/C6H3F11O2/c7-2(8,1-18)19-6(16,17)4(11,12)3(9,10)5(13,14)15/h18H,1H2. The third-order valence-corrected chi connectivity index (χ3v) is 1.58. The first-order chi connectivity index (χ1) is 8.02. The Hall–Kier alpha value is -0.850. The minimum atomic E-state index is -7.34. The number of hydrogen-bond donors (Lipinski definition) is 1. The van der Waals surface area contributed by atoms with Gasteiger partial charge in [-0.25, -0.2) is 4.74 Å². The van der Waals surface area contributed by atoms with Crippen LogP contribution in [0.4, 0.5) is 48.3 Å². The second-order valence-electron chi connectivity index (χ2n) is 3.06. The summed E-state index contributed by atoms with van der Waals surface area (Å²) in [6, 6.07) is 0. The van der Waals surface area contributed by atoms with E-state index in [4.69, 9.17) is 5.11 Å². The average molecular weight is 316 g/mol. The Balaban J connectivity index is 5.52. The number of halogens is 11. The monoisotopic (exact) mass is 316 g/mol. The minimum absolute atomic E-state index is 1.87. The summed E-state index contributed by atoms with van der Waals surface area (Å²) >= 11 is 0. The lowest BCUT2D eigenvalue weighted by Crippen LogP contribution is -2.63. The number of aliphatic hydroxyl groups excluding tert-OH is 1. The highest BCUT2D eigenvalue weighted by Crippen LogP contribution is 2.54. The molecule has 0 aliphatic carbocycles. The molecule has 2 nitrogen and oxygen atoms in total. The van der Waals surface area contributed by atoms with Gasteiger partial charge in [-0.15, -0.1) is 0 Å². The van der Waals surface area contributed by atoms with E-state index in [1.165, 1.54) is 0 Å². The van der Waals surface area contributed by atoms with Crippen LogP contribution < -0.4 is 0 Å². The molecule has 0 radical (unpaired) electrons. The van der Waals surface area contributed by atoms with Crippen molar-refractivity contribution < 1.29 is 58.1 Å². The summed E-state index contributed by atoms with van der Waals surface area (Å²) in [4.78, 5) is 0. The molecule has 0 amide bonds. The van der Waals surface area contributed by atoms with E-state index in [0.29, 0.717) is 0 Å². The Morgan fingerprint density at radius 1 is 0.684 bits per heavy atom. The normalized spacial score (nSPS) is 15.8. The highest BCUT2D eigenvalue weighted by atomic mass is 19.4. The zero-order valence-electron chi connectivity index (χ0n) is 8.22. The smallest absolute Gasteiger partial charge is 0.387 e. The molecule has 0 aliphatic rings. The Bertz CT molecular complexity index is 320. The summed E-state index contributed by atoms with van der Waals surface area (Å²) in [7, 11) is 0. The molecule has 0 atom stereocenters. The molecule has 0 spiro atoms. The van der Waals surface area contributed by atoms with Crippen LogP contribution in [0.1, 0.15) is 0 Å². The quantitative estimate of drug-likeness (QED) is 0.790. The Labute approximate surface area is 96.3 Å². The van der Waals surface area contributed by atoms with Gasteiger partial charge in [-0.3, -0.25) is 0 Å². The molecule has 0 saturated carbocycles. The van der Waals surface area contributed by atoms with Crippen molar-refractivity contribution in [3.05, 3.63) is 0 Å². The molecular weight excluding hydrogens is 313 g/mol. The molecule has 13 heteroatoms. The van der Waals surface area contributed by atoms with Gasteiger partial charge in [0.1, 0.15) is 6.61 Å². The van der Waals surface area contributed by atoms with E-state index in [-0.39, 0.29) is 0 Å². The molecule has 0 saturated heterocycles. The van der Waals surface area contributed by atoms with Gasteiger partial charge < -0.3 is 5.11 Å². The van der Waals surface area contributed by atoms with Crippen LogP contribution in [0, 0.1) is 0 Å². The second kappa shape index (κ2) is 4.61. The van der Waals surface area contributed by atoms with Crippen molar-refractivity contribution in [1.82, 2.24) is 0 Å². The number of ether oxygens (including phenoxy) is 1. The molecule has 0 aromatic heterocycles. The Morgan fingerprint density at radius 2 is 1.05 bits per heavy atom. The average Bonchev–Trinajstić information content (AvgIpc) is 2.13. The molecule has 0 rings (SSSR count). The van der Waals surface area contributed by atoms with E-state index in [2.05, 4.69) is 0 Å². The number of aliphatic hydroxyl groups is 1. The van der Waals surface area contributed by atoms with Gasteiger partial charge in [0.25, 0.3) is 0 Å². The highest BCUT2D eigenvalue weighted by molar-refractivity contribution is 4.97. The summed E-state index contributed by atoms with van der Waals surface area (Å²) in [6.45, 7) is -2.64. The molecule has 0 aromatic rings. The van der Waals surface area contributed by atoms with Gasteiger partial charge in [-0.2, -0.15) is 48.3 Å². The first kappa shape index (κ1) is 18.1. The first-order valence-electron chi connectivity index (χ1n) is 3.91. The maximum Gasteiger partial charge on any atom is 0.460 e. The maximum absolute atomic E-state index is 12.4. The summed E-state index contributed by atoms with van der Waals surface area (Å²) in [5.41, 5.74) is 0. The zero-order valence-corrected chi connectivity index (χ0v) is 8.22. The van der Waals surface area contributed by atoms with Crippen molar-refractivity contribution >= 4 is 0 Å². The van der Waals surface area contributed by atoms with Crippen molar-refractivity contribution in [2.75, 3.05) is 6.61 Å². The molecular formula is C6H3F11O2. The molecule has 0 bridgehead atoms. The SMILES string of the molecule is OCC(F)(F)OC(F)(F)C(F)(F)C(F)(F)C(F)(F)F. The summed E-state index contributed by atoms with van der Waals surface area (Å²) in [5, 5.41) is 7.72. The van der Waals surface area contributed by atoms with E-state index < -0.39 is 36.8 Å². The number of rotatable bonds is 5. The van der Waals surface area contributed by atoms with Gasteiger partial charge in [0.2, 0.25) is 0 Å². The van der Waals surface area contributed by atoms with Crippen LogP contribution in [0.15, 0.2) is 0 Å². The molecule has 0 aliphatic heterocycles. The molecule has 0 unspecified atom stereocenters. The Kier molecular flexibility index (Phi) is 4.40. The molecule has 0 aromatic carbocycles. The first-order valence-corrected chi connectivity index (χ1v) is 3.91. The van der Waals surface area contributed by atoms with Crippen molar-refractivity contribution in [2.24, 2.45) is 0 Å². The minimum Gasteiger partial charge on any atom is -0.387 e. The lowest BCUT2D eigenvalue weighted by atomic mass is 10.1. The van der Waals surface area contributed by atoms with Gasteiger partial charge in [0.05, 0.1) is 0 Å². The molecule has 0 heterocycles. The number of hydrogen-bond acceptors (Lipinski definition) is 2. The van der Waals surface area contributed by atoms with Gasteiger partial charge in [0, 0.05) is 0 Å². The van der Waals surface area contributed by atoms with Crippen LogP contribution >= 0.6 is 0 Å². The van der Waals surface area contributed by atoms with E-state index >= 15 is 0 Å². The van der Waals surface area contributed by atoms with Gasteiger partial charge in [-0.05, 0) is 0 Å². The Morgan fingerprint density at radius 3 is 1.32 bits per heavy atom.